The van der Waals surface area contributed by atoms with Gasteiger partial charge in [-0.15, -0.1) is 11.3 Å². The number of thiophene rings is 1. The predicted molar refractivity (Wildman–Crippen MR) is 152 cm³/mol. The second-order valence-corrected chi connectivity index (χ2v) is 9.96. The van der Waals surface area contributed by atoms with Crippen molar-refractivity contribution in [1.29, 1.82) is 0 Å². The van der Waals surface area contributed by atoms with E-state index in [0.29, 0.717) is 5.84 Å². The van der Waals surface area contributed by atoms with Crippen LogP contribution in [0.3, 0.4) is 0 Å². The smallest absolute Gasteiger partial charge is 0.141 e. The zero-order valence-corrected chi connectivity index (χ0v) is 22.6. The highest BCUT2D eigenvalue weighted by Crippen LogP contribution is 2.25. The van der Waals surface area contributed by atoms with Crippen LogP contribution < -0.4 is 10.5 Å². The van der Waals surface area contributed by atoms with E-state index in [2.05, 4.69) is 72.5 Å². The molecule has 0 spiro atoms. The van der Waals surface area contributed by atoms with Crippen LogP contribution in [0.1, 0.15) is 50.4 Å². The normalized spacial score (nSPS) is 13.0. The number of ether oxygens (including phenoxy) is 1. The van der Waals surface area contributed by atoms with Gasteiger partial charge < -0.3 is 19.9 Å². The third-order valence-corrected chi connectivity index (χ3v) is 7.46. The van der Waals surface area contributed by atoms with Gasteiger partial charge in [0.2, 0.25) is 0 Å². The van der Waals surface area contributed by atoms with Crippen LogP contribution in [-0.4, -0.2) is 46.0 Å². The number of rotatable bonds is 12. The lowest BCUT2D eigenvalue weighted by Gasteiger charge is -2.19. The van der Waals surface area contributed by atoms with Crippen LogP contribution in [0, 0.1) is 0 Å². The van der Waals surface area contributed by atoms with E-state index in [1.54, 1.807) is 11.3 Å². The first-order valence-electron chi connectivity index (χ1n) is 12.9. The number of aromatic nitrogens is 2. The summed E-state index contributed by atoms with van der Waals surface area (Å²) in [6.07, 6.45) is 1.96. The molecule has 1 atom stereocenters. The van der Waals surface area contributed by atoms with Gasteiger partial charge in [0.15, 0.2) is 0 Å². The molecule has 2 N–H and O–H groups in total. The number of aliphatic imine (C=N–C) groups is 1. The fourth-order valence-corrected chi connectivity index (χ4v) is 4.83. The molecule has 2 heterocycles. The summed E-state index contributed by atoms with van der Waals surface area (Å²) >= 11 is 1.59. The van der Waals surface area contributed by atoms with Crippen LogP contribution in [0.4, 0.5) is 5.69 Å². The molecule has 2 aromatic carbocycles. The Bertz CT molecular complexity index is 1270. The fraction of sp³-hybridized carbons (Fsp3) is 0.379. The number of imidazole rings is 1. The van der Waals surface area contributed by atoms with Crippen molar-refractivity contribution in [3.05, 3.63) is 76.2 Å². The van der Waals surface area contributed by atoms with Crippen molar-refractivity contribution in [2.45, 2.75) is 53.2 Å². The van der Waals surface area contributed by atoms with Crippen LogP contribution in [0.2, 0.25) is 0 Å². The summed E-state index contributed by atoms with van der Waals surface area (Å²) in [5.74, 6) is 2.50. The third kappa shape index (κ3) is 6.33. The van der Waals surface area contributed by atoms with E-state index in [9.17, 15) is 0 Å². The van der Waals surface area contributed by atoms with E-state index >= 15 is 0 Å². The molecule has 0 aliphatic heterocycles. The van der Waals surface area contributed by atoms with E-state index in [1.165, 1.54) is 5.56 Å². The number of hydrogen-bond acceptors (Lipinski definition) is 5. The van der Waals surface area contributed by atoms with E-state index in [-0.39, 0.29) is 6.10 Å². The highest BCUT2D eigenvalue weighted by atomic mass is 32.1. The summed E-state index contributed by atoms with van der Waals surface area (Å²) in [6, 6.07) is 18.6. The molecule has 0 bridgehead atoms. The Hall–Kier alpha value is -3.16. The first-order chi connectivity index (χ1) is 17.5. The van der Waals surface area contributed by atoms with E-state index < -0.39 is 0 Å². The van der Waals surface area contributed by atoms with Gasteiger partial charge in [-0.2, -0.15) is 0 Å². The van der Waals surface area contributed by atoms with Crippen LogP contribution >= 0.6 is 11.3 Å². The van der Waals surface area contributed by atoms with Crippen LogP contribution in [0.15, 0.2) is 65.0 Å². The number of fused-ring (bicyclic) bond motifs is 1. The zero-order chi connectivity index (χ0) is 25.5. The molecule has 36 heavy (non-hydrogen) atoms. The van der Waals surface area contributed by atoms with Crippen LogP contribution in [-0.2, 0) is 13.0 Å². The van der Waals surface area contributed by atoms with Crippen molar-refractivity contribution >= 4 is 33.9 Å². The molecular weight excluding hydrogens is 466 g/mol. The van der Waals surface area contributed by atoms with Crippen molar-refractivity contribution in [1.82, 2.24) is 14.5 Å². The molecular formula is C29H37N5OS. The standard InChI is InChI=1S/C29H37N5OS/c1-5-21(4)35-24-13-10-22(11-14-24)19-28-32-25-20-23(31-29(30)27-9-8-18-36-27)12-15-26(25)34(28)17-16-33(6-2)7-3/h8-15,18,20-21H,5-7,16-17,19H2,1-4H3,(H2,30,31). The average molecular weight is 504 g/mol. The van der Waals surface area contributed by atoms with Crippen molar-refractivity contribution in [3.63, 3.8) is 0 Å². The third-order valence-electron chi connectivity index (χ3n) is 6.57. The first-order valence-corrected chi connectivity index (χ1v) is 13.7. The lowest BCUT2D eigenvalue weighted by atomic mass is 10.1. The molecule has 4 aromatic rings. The molecule has 0 saturated carbocycles. The summed E-state index contributed by atoms with van der Waals surface area (Å²) in [4.78, 5) is 13.1. The Morgan fingerprint density at radius 3 is 2.56 bits per heavy atom. The van der Waals surface area contributed by atoms with Gasteiger partial charge in [-0.25, -0.2) is 9.98 Å². The fourth-order valence-electron chi connectivity index (χ4n) is 4.21. The predicted octanol–water partition coefficient (Wildman–Crippen LogP) is 6.24. The Morgan fingerprint density at radius 1 is 1.11 bits per heavy atom. The molecule has 0 aliphatic carbocycles. The molecule has 0 saturated heterocycles. The van der Waals surface area contributed by atoms with Gasteiger partial charge in [-0.3, -0.25) is 0 Å². The minimum Gasteiger partial charge on any atom is -0.491 e. The molecule has 0 aliphatic rings. The van der Waals surface area contributed by atoms with Crippen molar-refractivity contribution in [2.24, 2.45) is 10.7 Å². The number of nitrogens with two attached hydrogens (primary N) is 1. The number of amidine groups is 1. The maximum atomic E-state index is 6.23. The number of hydrogen-bond donors (Lipinski definition) is 1. The van der Waals surface area contributed by atoms with Gasteiger partial charge in [-0.05, 0) is 73.8 Å². The van der Waals surface area contributed by atoms with Gasteiger partial charge in [0.05, 0.1) is 27.7 Å². The largest absolute Gasteiger partial charge is 0.491 e. The van der Waals surface area contributed by atoms with Crippen molar-refractivity contribution < 1.29 is 4.74 Å². The Balaban J connectivity index is 1.63. The Kier molecular flexibility index (Phi) is 8.78. The summed E-state index contributed by atoms with van der Waals surface area (Å²) in [7, 11) is 0. The molecule has 6 nitrogen and oxygen atoms in total. The Labute approximate surface area is 218 Å². The molecule has 4 rings (SSSR count). The topological polar surface area (TPSA) is 68.7 Å². The lowest BCUT2D eigenvalue weighted by Crippen LogP contribution is -2.27. The molecule has 1 unspecified atom stereocenters. The van der Waals surface area contributed by atoms with E-state index in [1.807, 2.05) is 29.6 Å². The number of benzene rings is 2. The van der Waals surface area contributed by atoms with Crippen LogP contribution in [0.5, 0.6) is 5.75 Å². The summed E-state index contributed by atoms with van der Waals surface area (Å²) < 4.78 is 8.31. The highest BCUT2D eigenvalue weighted by Gasteiger charge is 2.14. The van der Waals surface area contributed by atoms with Gasteiger partial charge in [-0.1, -0.05) is 39.0 Å². The van der Waals surface area contributed by atoms with Crippen LogP contribution in [0.25, 0.3) is 11.0 Å². The van der Waals surface area contributed by atoms with E-state index in [4.69, 9.17) is 15.5 Å². The Morgan fingerprint density at radius 2 is 1.89 bits per heavy atom. The van der Waals surface area contributed by atoms with Crippen molar-refractivity contribution in [2.75, 3.05) is 19.6 Å². The highest BCUT2D eigenvalue weighted by molar-refractivity contribution is 7.12. The summed E-state index contributed by atoms with van der Waals surface area (Å²) in [5, 5.41) is 2.01. The SMILES string of the molecule is CCC(C)Oc1ccc(Cc2nc3cc(N=C(N)c4cccs4)ccc3n2CCN(CC)CC)cc1. The maximum absolute atomic E-state index is 6.23. The minimum atomic E-state index is 0.214. The zero-order valence-electron chi connectivity index (χ0n) is 21.8. The van der Waals surface area contributed by atoms with E-state index in [0.717, 1.165) is 72.2 Å². The summed E-state index contributed by atoms with van der Waals surface area (Å²) in [5.41, 5.74) is 10.3. The molecule has 190 valence electrons. The molecule has 0 radical (unpaired) electrons. The van der Waals surface area contributed by atoms with Gasteiger partial charge in [0.1, 0.15) is 17.4 Å². The van der Waals surface area contributed by atoms with Crippen molar-refractivity contribution in [3.8, 4) is 5.75 Å². The monoisotopic (exact) mass is 503 g/mol. The summed E-state index contributed by atoms with van der Waals surface area (Å²) in [6.45, 7) is 12.6. The average Bonchev–Trinajstić information content (AvgIpc) is 3.54. The molecule has 0 amide bonds. The second-order valence-electron chi connectivity index (χ2n) is 9.01. The van der Waals surface area contributed by atoms with Gasteiger partial charge >= 0.3 is 0 Å². The number of nitrogens with zero attached hydrogens (tertiary/aromatic N) is 4. The van der Waals surface area contributed by atoms with Gasteiger partial charge in [0.25, 0.3) is 0 Å². The minimum absolute atomic E-state index is 0.214. The number of likely N-dealkylation sites (N-methyl/N-ethyl adjacent to an activating group) is 1. The molecule has 7 heteroatoms. The quantitative estimate of drug-likeness (QED) is 0.183. The second kappa shape index (κ2) is 12.2. The molecule has 2 aromatic heterocycles. The first kappa shape index (κ1) is 25.9. The van der Waals surface area contributed by atoms with Gasteiger partial charge in [0, 0.05) is 19.5 Å². The molecule has 0 fully saturated rings. The lowest BCUT2D eigenvalue weighted by molar-refractivity contribution is 0.217. The maximum Gasteiger partial charge on any atom is 0.141 e.